The molecule has 1 aliphatic heterocycles. The fourth-order valence-electron chi connectivity index (χ4n) is 3.97. The van der Waals surface area contributed by atoms with Gasteiger partial charge in [-0.2, -0.15) is 0 Å². The van der Waals surface area contributed by atoms with E-state index >= 15 is 0 Å². The number of rotatable bonds is 5. The lowest BCUT2D eigenvalue weighted by atomic mass is 10.0. The van der Waals surface area contributed by atoms with Crippen LogP contribution in [-0.4, -0.2) is 40.9 Å². The van der Waals surface area contributed by atoms with E-state index in [1.54, 1.807) is 24.1 Å². The van der Waals surface area contributed by atoms with Crippen molar-refractivity contribution in [3.8, 4) is 5.75 Å². The Hall–Kier alpha value is -2.60. The van der Waals surface area contributed by atoms with Gasteiger partial charge in [-0.1, -0.05) is 24.3 Å². The standard InChI is InChI=1S/C24H30FNO4/c1-24(2,3)30-23(28)26-19(14-16-8-11-20(29-4)12-9-16)10-13-21(26)22(27)17-6-5-7-18(25)15-17/h5-9,11-12,15,19,21-22,27H,10,13-14H2,1-4H3/t19?,21?,22-/m0/s1. The van der Waals surface area contributed by atoms with Gasteiger partial charge in [0.1, 0.15) is 17.2 Å². The topological polar surface area (TPSA) is 59.0 Å². The van der Waals surface area contributed by atoms with E-state index in [-0.39, 0.29) is 6.04 Å². The molecule has 1 N–H and O–H groups in total. The summed E-state index contributed by atoms with van der Waals surface area (Å²) < 4.78 is 24.6. The zero-order chi connectivity index (χ0) is 21.9. The van der Waals surface area contributed by atoms with Crippen molar-refractivity contribution in [1.82, 2.24) is 4.90 Å². The van der Waals surface area contributed by atoms with Crippen LogP contribution in [-0.2, 0) is 11.2 Å². The second-order valence-electron chi connectivity index (χ2n) is 8.74. The molecule has 2 aromatic carbocycles. The van der Waals surface area contributed by atoms with E-state index in [0.717, 1.165) is 17.7 Å². The number of amides is 1. The molecule has 162 valence electrons. The molecule has 6 heteroatoms. The SMILES string of the molecule is COc1ccc(CC2CCC([C@@H](O)c3cccc(F)c3)N2C(=O)OC(C)(C)C)cc1. The van der Waals surface area contributed by atoms with Crippen LogP contribution in [0.5, 0.6) is 5.75 Å². The Morgan fingerprint density at radius 2 is 1.90 bits per heavy atom. The van der Waals surface area contributed by atoms with Crippen LogP contribution in [0.2, 0.25) is 0 Å². The van der Waals surface area contributed by atoms with E-state index in [1.165, 1.54) is 12.1 Å². The van der Waals surface area contributed by atoms with Crippen molar-refractivity contribution in [1.29, 1.82) is 0 Å². The van der Waals surface area contributed by atoms with Crippen molar-refractivity contribution in [2.75, 3.05) is 7.11 Å². The maximum atomic E-state index is 13.7. The maximum absolute atomic E-state index is 13.7. The Morgan fingerprint density at radius 3 is 2.50 bits per heavy atom. The highest BCUT2D eigenvalue weighted by Gasteiger charge is 2.42. The van der Waals surface area contributed by atoms with E-state index in [1.807, 2.05) is 45.0 Å². The monoisotopic (exact) mass is 415 g/mol. The second kappa shape index (κ2) is 9.04. The molecule has 3 rings (SSSR count). The summed E-state index contributed by atoms with van der Waals surface area (Å²) in [5.74, 6) is 0.358. The van der Waals surface area contributed by atoms with Crippen LogP contribution < -0.4 is 4.74 Å². The maximum Gasteiger partial charge on any atom is 0.410 e. The number of aliphatic hydroxyl groups excluding tert-OH is 1. The minimum absolute atomic E-state index is 0.124. The number of aliphatic hydroxyl groups is 1. The first kappa shape index (κ1) is 22.1. The van der Waals surface area contributed by atoms with Gasteiger partial charge < -0.3 is 14.6 Å². The van der Waals surface area contributed by atoms with E-state index in [2.05, 4.69) is 0 Å². The average Bonchev–Trinajstić information content (AvgIpc) is 3.10. The van der Waals surface area contributed by atoms with E-state index in [4.69, 9.17) is 9.47 Å². The summed E-state index contributed by atoms with van der Waals surface area (Å²) in [4.78, 5) is 14.7. The smallest absolute Gasteiger partial charge is 0.410 e. The van der Waals surface area contributed by atoms with Crippen molar-refractivity contribution < 1.29 is 23.8 Å². The molecule has 30 heavy (non-hydrogen) atoms. The van der Waals surface area contributed by atoms with Crippen molar-refractivity contribution >= 4 is 6.09 Å². The number of carbonyl (C=O) groups excluding carboxylic acids is 1. The third-order valence-corrected chi connectivity index (χ3v) is 5.34. The van der Waals surface area contributed by atoms with Gasteiger partial charge in [0.25, 0.3) is 0 Å². The summed E-state index contributed by atoms with van der Waals surface area (Å²) in [5, 5.41) is 11.0. The number of hydrogen-bond donors (Lipinski definition) is 1. The second-order valence-corrected chi connectivity index (χ2v) is 8.74. The highest BCUT2D eigenvalue weighted by molar-refractivity contribution is 5.69. The molecule has 0 radical (unpaired) electrons. The molecule has 2 aromatic rings. The lowest BCUT2D eigenvalue weighted by molar-refractivity contribution is -0.00456. The predicted molar refractivity (Wildman–Crippen MR) is 113 cm³/mol. The van der Waals surface area contributed by atoms with Crippen LogP contribution in [0, 0.1) is 5.82 Å². The van der Waals surface area contributed by atoms with E-state index in [0.29, 0.717) is 18.4 Å². The molecular formula is C24H30FNO4. The van der Waals surface area contributed by atoms with Gasteiger partial charge in [-0.25, -0.2) is 9.18 Å². The third-order valence-electron chi connectivity index (χ3n) is 5.34. The van der Waals surface area contributed by atoms with Crippen molar-refractivity contribution in [3.63, 3.8) is 0 Å². The quantitative estimate of drug-likeness (QED) is 0.756. The van der Waals surface area contributed by atoms with Gasteiger partial charge >= 0.3 is 6.09 Å². The van der Waals surface area contributed by atoms with Gasteiger partial charge in [-0.05, 0) is 75.4 Å². The number of methoxy groups -OCH3 is 1. The molecule has 0 aromatic heterocycles. The Balaban J connectivity index is 1.85. The van der Waals surface area contributed by atoms with Gasteiger partial charge in [0.05, 0.1) is 19.3 Å². The van der Waals surface area contributed by atoms with Gasteiger partial charge in [0.2, 0.25) is 0 Å². The number of hydrogen-bond acceptors (Lipinski definition) is 4. The molecule has 0 bridgehead atoms. The third kappa shape index (κ3) is 5.30. The number of halogens is 1. The minimum atomic E-state index is -0.992. The first-order valence-electron chi connectivity index (χ1n) is 10.3. The van der Waals surface area contributed by atoms with Crippen LogP contribution >= 0.6 is 0 Å². The Bertz CT molecular complexity index is 862. The van der Waals surface area contributed by atoms with Crippen LogP contribution in [0.1, 0.15) is 50.8 Å². The number of likely N-dealkylation sites (tertiary alicyclic amines) is 1. The van der Waals surface area contributed by atoms with Crippen LogP contribution in [0.15, 0.2) is 48.5 Å². The minimum Gasteiger partial charge on any atom is -0.497 e. The Morgan fingerprint density at radius 1 is 1.20 bits per heavy atom. The van der Waals surface area contributed by atoms with Crippen molar-refractivity contribution in [3.05, 3.63) is 65.5 Å². The summed E-state index contributed by atoms with van der Waals surface area (Å²) in [6.45, 7) is 5.45. The van der Waals surface area contributed by atoms with Crippen molar-refractivity contribution in [2.45, 2.75) is 63.8 Å². The average molecular weight is 416 g/mol. The number of benzene rings is 2. The Kier molecular flexibility index (Phi) is 6.66. The summed E-state index contributed by atoms with van der Waals surface area (Å²) >= 11 is 0. The highest BCUT2D eigenvalue weighted by Crippen LogP contribution is 2.36. The van der Waals surface area contributed by atoms with Gasteiger partial charge in [-0.15, -0.1) is 0 Å². The first-order chi connectivity index (χ1) is 14.2. The fraction of sp³-hybridized carbons (Fsp3) is 0.458. The molecule has 3 atom stereocenters. The molecule has 0 saturated carbocycles. The van der Waals surface area contributed by atoms with Crippen LogP contribution in [0.4, 0.5) is 9.18 Å². The first-order valence-corrected chi connectivity index (χ1v) is 10.3. The summed E-state index contributed by atoms with van der Waals surface area (Å²) in [6.07, 6.45) is 0.517. The van der Waals surface area contributed by atoms with Crippen LogP contribution in [0.3, 0.4) is 0 Å². The molecule has 5 nitrogen and oxygen atoms in total. The number of nitrogens with zero attached hydrogens (tertiary/aromatic N) is 1. The van der Waals surface area contributed by atoms with Crippen molar-refractivity contribution in [2.24, 2.45) is 0 Å². The predicted octanol–water partition coefficient (Wildman–Crippen LogP) is 4.88. The van der Waals surface area contributed by atoms with Gasteiger partial charge in [0, 0.05) is 6.04 Å². The van der Waals surface area contributed by atoms with Gasteiger partial charge in [-0.3, -0.25) is 4.90 Å². The molecule has 1 heterocycles. The largest absolute Gasteiger partial charge is 0.497 e. The molecule has 1 saturated heterocycles. The molecule has 1 aliphatic rings. The molecule has 0 spiro atoms. The van der Waals surface area contributed by atoms with E-state index in [9.17, 15) is 14.3 Å². The molecule has 2 unspecified atom stereocenters. The molecule has 1 amide bonds. The Labute approximate surface area is 177 Å². The molecule has 1 fully saturated rings. The normalized spacial score (nSPS) is 20.1. The zero-order valence-electron chi connectivity index (χ0n) is 18.0. The fourth-order valence-corrected chi connectivity index (χ4v) is 3.97. The zero-order valence-corrected chi connectivity index (χ0v) is 18.0. The van der Waals surface area contributed by atoms with E-state index < -0.39 is 29.7 Å². The van der Waals surface area contributed by atoms with Crippen LogP contribution in [0.25, 0.3) is 0 Å². The summed E-state index contributed by atoms with van der Waals surface area (Å²) in [6, 6.07) is 13.0. The highest BCUT2D eigenvalue weighted by atomic mass is 19.1. The van der Waals surface area contributed by atoms with Gasteiger partial charge in [0.15, 0.2) is 0 Å². The lowest BCUT2D eigenvalue weighted by Crippen LogP contribution is -2.47. The molecular weight excluding hydrogens is 385 g/mol. The lowest BCUT2D eigenvalue weighted by Gasteiger charge is -2.35. The summed E-state index contributed by atoms with van der Waals surface area (Å²) in [5.41, 5.74) is 0.868. The summed E-state index contributed by atoms with van der Waals surface area (Å²) in [7, 11) is 1.62. The number of carbonyl (C=O) groups is 1. The molecule has 0 aliphatic carbocycles. The number of ether oxygens (including phenoxy) is 2.